The molecular weight excluding hydrogens is 552 g/mol. The van der Waals surface area contributed by atoms with E-state index in [2.05, 4.69) is 4.98 Å². The van der Waals surface area contributed by atoms with Crippen LogP contribution in [0.4, 0.5) is 5.13 Å². The van der Waals surface area contributed by atoms with Crippen molar-refractivity contribution >= 4 is 54.2 Å². The van der Waals surface area contributed by atoms with Gasteiger partial charge in [-0.25, -0.2) is 13.4 Å². The van der Waals surface area contributed by atoms with E-state index in [1.165, 1.54) is 23.5 Å². The summed E-state index contributed by atoms with van der Waals surface area (Å²) >= 11 is 7.82. The monoisotopic (exact) mass is 582 g/mol. The highest BCUT2D eigenvalue weighted by atomic mass is 35.5. The first-order chi connectivity index (χ1) is 18.8. The average molecular weight is 583 g/mol. The van der Waals surface area contributed by atoms with Gasteiger partial charge in [-0.3, -0.25) is 14.7 Å². The van der Waals surface area contributed by atoms with Gasteiger partial charge in [-0.05, 0) is 73.4 Å². The third-order valence-electron chi connectivity index (χ3n) is 7.25. The summed E-state index contributed by atoms with van der Waals surface area (Å²) in [7, 11) is -3.66. The van der Waals surface area contributed by atoms with E-state index in [0.29, 0.717) is 22.3 Å². The van der Waals surface area contributed by atoms with Gasteiger partial charge in [0, 0.05) is 30.5 Å². The van der Waals surface area contributed by atoms with Gasteiger partial charge in [-0.15, -0.1) is 0 Å². The Hall–Kier alpha value is -2.85. The fourth-order valence-corrected chi connectivity index (χ4v) is 8.17. The van der Waals surface area contributed by atoms with Gasteiger partial charge in [0.15, 0.2) is 5.13 Å². The molecule has 1 aliphatic carbocycles. The molecule has 2 aromatic carbocycles. The first-order valence-electron chi connectivity index (χ1n) is 13.2. The second-order valence-corrected chi connectivity index (χ2v) is 13.1. The largest absolute Gasteiger partial charge is 0.279 e. The lowest BCUT2D eigenvalue weighted by Crippen LogP contribution is -2.41. The smallest absolute Gasteiger partial charge is 0.260 e. The third-order valence-corrected chi connectivity index (χ3v) is 10.8. The number of hydrogen-bond donors (Lipinski definition) is 0. The number of carbonyl (C=O) groups excluding carboxylic acids is 1. The van der Waals surface area contributed by atoms with Crippen LogP contribution in [0.25, 0.3) is 10.2 Å². The van der Waals surface area contributed by atoms with Crippen LogP contribution in [0.3, 0.4) is 0 Å². The predicted octanol–water partition coefficient (Wildman–Crippen LogP) is 6.84. The van der Waals surface area contributed by atoms with Crippen molar-refractivity contribution in [2.75, 3.05) is 11.4 Å². The molecule has 204 valence electrons. The minimum atomic E-state index is -3.66. The van der Waals surface area contributed by atoms with E-state index >= 15 is 0 Å². The van der Waals surface area contributed by atoms with Crippen LogP contribution in [0.2, 0.25) is 5.02 Å². The van der Waals surface area contributed by atoms with Crippen LogP contribution in [-0.4, -0.2) is 41.2 Å². The Kier molecular flexibility index (Phi) is 8.32. The summed E-state index contributed by atoms with van der Waals surface area (Å²) in [6.07, 6.45) is 8.40. The number of hydrogen-bond acceptors (Lipinski definition) is 6. The molecule has 39 heavy (non-hydrogen) atoms. The molecule has 7 nitrogen and oxygen atoms in total. The second kappa shape index (κ2) is 11.7. The van der Waals surface area contributed by atoms with Gasteiger partial charge in [0.05, 0.1) is 26.7 Å². The minimum Gasteiger partial charge on any atom is -0.279 e. The summed E-state index contributed by atoms with van der Waals surface area (Å²) in [4.78, 5) is 24.6. The van der Waals surface area contributed by atoms with Crippen molar-refractivity contribution in [1.82, 2.24) is 14.3 Å². The van der Waals surface area contributed by atoms with E-state index in [-0.39, 0.29) is 23.4 Å². The molecule has 4 aromatic rings. The number of aryl methyl sites for hydroxylation is 1. The van der Waals surface area contributed by atoms with Crippen LogP contribution < -0.4 is 4.90 Å². The van der Waals surface area contributed by atoms with Gasteiger partial charge in [-0.1, -0.05) is 55.2 Å². The number of benzene rings is 2. The Morgan fingerprint density at radius 2 is 1.72 bits per heavy atom. The highest BCUT2D eigenvalue weighted by Crippen LogP contribution is 2.37. The maximum absolute atomic E-state index is 13.9. The molecule has 0 radical (unpaired) electrons. The summed E-state index contributed by atoms with van der Waals surface area (Å²) in [6, 6.07) is 13.7. The number of rotatable bonds is 8. The number of halogens is 1. The van der Waals surface area contributed by atoms with Crippen molar-refractivity contribution in [2.45, 2.75) is 63.4 Å². The van der Waals surface area contributed by atoms with Crippen LogP contribution in [0.15, 0.2) is 65.8 Å². The molecule has 1 amide bonds. The number of fused-ring (bicyclic) bond motifs is 1. The van der Waals surface area contributed by atoms with Crippen molar-refractivity contribution in [2.24, 2.45) is 0 Å². The molecule has 5 rings (SSSR count). The summed E-state index contributed by atoms with van der Waals surface area (Å²) < 4.78 is 29.5. The van der Waals surface area contributed by atoms with Gasteiger partial charge >= 0.3 is 0 Å². The number of carbonyl (C=O) groups is 1. The molecule has 1 aliphatic rings. The zero-order chi connectivity index (χ0) is 27.6. The number of sulfonamides is 1. The summed E-state index contributed by atoms with van der Waals surface area (Å²) in [6.45, 7) is 4.55. The van der Waals surface area contributed by atoms with E-state index in [1.54, 1.807) is 33.7 Å². The topological polar surface area (TPSA) is 83.5 Å². The molecule has 0 saturated heterocycles. The van der Waals surface area contributed by atoms with E-state index in [4.69, 9.17) is 16.6 Å². The number of thiazole rings is 1. The van der Waals surface area contributed by atoms with Gasteiger partial charge < -0.3 is 0 Å². The summed E-state index contributed by atoms with van der Waals surface area (Å²) in [5.41, 5.74) is 3.01. The first-order valence-corrected chi connectivity index (χ1v) is 15.8. The molecule has 10 heteroatoms. The molecule has 1 fully saturated rings. The van der Waals surface area contributed by atoms with Crippen LogP contribution in [0.5, 0.6) is 0 Å². The molecule has 2 aromatic heterocycles. The lowest BCUT2D eigenvalue weighted by Gasteiger charge is -2.32. The van der Waals surface area contributed by atoms with Gasteiger partial charge in [0.1, 0.15) is 0 Å². The second-order valence-electron chi connectivity index (χ2n) is 9.81. The maximum atomic E-state index is 13.9. The van der Waals surface area contributed by atoms with Crippen molar-refractivity contribution < 1.29 is 13.2 Å². The van der Waals surface area contributed by atoms with Gasteiger partial charge in [-0.2, -0.15) is 4.31 Å². The highest BCUT2D eigenvalue weighted by molar-refractivity contribution is 7.89. The van der Waals surface area contributed by atoms with E-state index < -0.39 is 10.0 Å². The number of amides is 1. The van der Waals surface area contributed by atoms with E-state index in [1.807, 2.05) is 38.1 Å². The average Bonchev–Trinajstić information content (AvgIpc) is 3.42. The van der Waals surface area contributed by atoms with Crippen molar-refractivity contribution in [3.05, 3.63) is 82.6 Å². The fourth-order valence-electron chi connectivity index (χ4n) is 5.16. The van der Waals surface area contributed by atoms with E-state index in [9.17, 15) is 13.2 Å². The lowest BCUT2D eigenvalue weighted by molar-refractivity contribution is 0.0985. The maximum Gasteiger partial charge on any atom is 0.260 e. The molecular formula is C29H31ClN4O3S2. The SMILES string of the molecule is CCN(C1CCCCC1)S(=O)(=O)c1ccc(C(=O)N(Cc2ccncc2)c2nc3c(C)ccc(Cl)c3s2)cc1. The number of nitrogens with zero attached hydrogens (tertiary/aromatic N) is 4. The standard InChI is InChI=1S/C29H31ClN4O3S2/c1-3-34(23-7-5-4-6-8-23)39(36,37)24-12-10-22(11-13-24)28(35)33(19-21-15-17-31-18-16-21)29-32-26-20(2)9-14-25(30)27(26)38-29/h9-18,23H,3-8,19H2,1-2H3. The normalized spacial score (nSPS) is 14.7. The van der Waals surface area contributed by atoms with Crippen molar-refractivity contribution in [3.8, 4) is 0 Å². The predicted molar refractivity (Wildman–Crippen MR) is 157 cm³/mol. The lowest BCUT2D eigenvalue weighted by atomic mass is 9.95. The zero-order valence-corrected chi connectivity index (χ0v) is 24.4. The Balaban J connectivity index is 1.47. The Labute approximate surface area is 238 Å². The highest BCUT2D eigenvalue weighted by Gasteiger charge is 2.31. The molecule has 0 N–H and O–H groups in total. The van der Waals surface area contributed by atoms with Crippen molar-refractivity contribution in [1.29, 1.82) is 0 Å². The molecule has 0 unspecified atom stereocenters. The zero-order valence-electron chi connectivity index (χ0n) is 22.0. The van der Waals surface area contributed by atoms with Crippen LogP contribution in [0.1, 0.15) is 60.5 Å². The Bertz CT molecular complexity index is 1530. The van der Waals surface area contributed by atoms with Crippen molar-refractivity contribution in [3.63, 3.8) is 0 Å². The van der Waals surface area contributed by atoms with Crippen LogP contribution in [-0.2, 0) is 16.6 Å². The molecule has 1 saturated carbocycles. The van der Waals surface area contributed by atoms with E-state index in [0.717, 1.165) is 53.4 Å². The van der Waals surface area contributed by atoms with Crippen LogP contribution in [0, 0.1) is 6.92 Å². The Morgan fingerprint density at radius 1 is 1.03 bits per heavy atom. The summed E-state index contributed by atoms with van der Waals surface area (Å²) in [5.74, 6) is -0.275. The molecule has 0 bridgehead atoms. The Morgan fingerprint density at radius 3 is 2.36 bits per heavy atom. The number of pyridine rings is 1. The van der Waals surface area contributed by atoms with Gasteiger partial charge in [0.25, 0.3) is 5.91 Å². The number of anilines is 1. The quantitative estimate of drug-likeness (QED) is 0.227. The fraction of sp³-hybridized carbons (Fsp3) is 0.345. The summed E-state index contributed by atoms with van der Waals surface area (Å²) in [5, 5.41) is 1.11. The molecule has 0 atom stereocenters. The molecule has 2 heterocycles. The van der Waals surface area contributed by atoms with Gasteiger partial charge in [0.2, 0.25) is 10.0 Å². The molecule has 0 aliphatic heterocycles. The minimum absolute atomic E-state index is 0.0280. The molecule has 0 spiro atoms. The van der Waals surface area contributed by atoms with Crippen LogP contribution >= 0.6 is 22.9 Å². The number of aromatic nitrogens is 2. The first kappa shape index (κ1) is 27.7. The third kappa shape index (κ3) is 5.72.